The lowest BCUT2D eigenvalue weighted by Crippen LogP contribution is -2.09. The van der Waals surface area contributed by atoms with Gasteiger partial charge in [0.25, 0.3) is 0 Å². The van der Waals surface area contributed by atoms with Gasteiger partial charge in [0.05, 0.1) is 34.3 Å². The molecule has 0 amide bonds. The van der Waals surface area contributed by atoms with Crippen LogP contribution in [0.15, 0.2) is 17.5 Å². The minimum atomic E-state index is -0.275. The van der Waals surface area contributed by atoms with Gasteiger partial charge in [-0.25, -0.2) is 14.8 Å². The fourth-order valence-corrected chi connectivity index (χ4v) is 2.75. The highest BCUT2D eigenvalue weighted by molar-refractivity contribution is 7.09. The molecule has 1 aliphatic rings. The van der Waals surface area contributed by atoms with E-state index in [1.165, 1.54) is 0 Å². The van der Waals surface area contributed by atoms with E-state index in [0.29, 0.717) is 18.1 Å². The van der Waals surface area contributed by atoms with Crippen LogP contribution in [0, 0.1) is 6.92 Å². The zero-order valence-electron chi connectivity index (χ0n) is 11.5. The van der Waals surface area contributed by atoms with E-state index in [1.807, 2.05) is 31.4 Å². The Morgan fingerprint density at radius 3 is 2.75 bits per heavy atom. The molecule has 0 saturated heterocycles. The third kappa shape index (κ3) is 2.58. The number of aryl methyl sites for hydroxylation is 1. The van der Waals surface area contributed by atoms with Gasteiger partial charge < -0.3 is 4.74 Å². The predicted octanol–water partition coefficient (Wildman–Crippen LogP) is 3.57. The first kappa shape index (κ1) is 13.2. The second-order valence-electron chi connectivity index (χ2n) is 4.88. The van der Waals surface area contributed by atoms with Crippen molar-refractivity contribution in [2.24, 2.45) is 0 Å². The van der Waals surface area contributed by atoms with Gasteiger partial charge in [0.2, 0.25) is 0 Å². The Morgan fingerprint density at radius 2 is 2.15 bits per heavy atom. The topological polar surface area (TPSA) is 52.1 Å². The van der Waals surface area contributed by atoms with E-state index in [9.17, 15) is 4.79 Å². The Morgan fingerprint density at radius 1 is 1.35 bits per heavy atom. The Kier molecular flexibility index (Phi) is 3.53. The highest BCUT2D eigenvalue weighted by Crippen LogP contribution is 2.41. The number of aromatic nitrogens is 2. The zero-order valence-corrected chi connectivity index (χ0v) is 12.4. The summed E-state index contributed by atoms with van der Waals surface area (Å²) in [6.45, 7) is 4.17. The van der Waals surface area contributed by atoms with Gasteiger partial charge in [-0.1, -0.05) is 0 Å². The summed E-state index contributed by atoms with van der Waals surface area (Å²) >= 11 is 1.61. The van der Waals surface area contributed by atoms with E-state index in [4.69, 9.17) is 4.74 Å². The molecule has 0 aromatic carbocycles. The number of carbonyl (C=O) groups excluding carboxylic acids is 1. The molecule has 3 rings (SSSR count). The molecule has 1 fully saturated rings. The van der Waals surface area contributed by atoms with Crippen LogP contribution in [0.2, 0.25) is 0 Å². The van der Waals surface area contributed by atoms with E-state index in [1.54, 1.807) is 11.3 Å². The first-order valence-electron chi connectivity index (χ1n) is 6.79. The maximum absolute atomic E-state index is 12.0. The predicted molar refractivity (Wildman–Crippen MR) is 78.0 cm³/mol. The molecular formula is C15H16N2O2S. The van der Waals surface area contributed by atoms with E-state index in [2.05, 4.69) is 9.97 Å². The van der Waals surface area contributed by atoms with Crippen molar-refractivity contribution in [3.8, 4) is 11.4 Å². The Labute approximate surface area is 121 Å². The highest BCUT2D eigenvalue weighted by atomic mass is 32.1. The minimum absolute atomic E-state index is 0.275. The van der Waals surface area contributed by atoms with Gasteiger partial charge in [-0.2, -0.15) is 0 Å². The van der Waals surface area contributed by atoms with E-state index in [-0.39, 0.29) is 5.97 Å². The number of nitrogens with zero attached hydrogens (tertiary/aromatic N) is 2. The van der Waals surface area contributed by atoms with E-state index >= 15 is 0 Å². The lowest BCUT2D eigenvalue weighted by atomic mass is 10.1. The second-order valence-corrected chi connectivity index (χ2v) is 5.94. The minimum Gasteiger partial charge on any atom is -0.462 e. The molecule has 2 aromatic heterocycles. The van der Waals surface area contributed by atoms with Gasteiger partial charge >= 0.3 is 5.97 Å². The number of hydrogen-bond donors (Lipinski definition) is 0. The van der Waals surface area contributed by atoms with Gasteiger partial charge in [-0.05, 0) is 38.8 Å². The normalized spacial score (nSPS) is 14.3. The number of hydrogen-bond acceptors (Lipinski definition) is 5. The number of thiazole rings is 1. The van der Waals surface area contributed by atoms with Crippen LogP contribution in [0.1, 0.15) is 46.7 Å². The van der Waals surface area contributed by atoms with Crippen molar-refractivity contribution in [2.45, 2.75) is 32.6 Å². The largest absolute Gasteiger partial charge is 0.462 e. The third-order valence-electron chi connectivity index (χ3n) is 3.27. The summed E-state index contributed by atoms with van der Waals surface area (Å²) in [5.41, 5.74) is 3.19. The summed E-state index contributed by atoms with van der Waals surface area (Å²) in [7, 11) is 0. The van der Waals surface area contributed by atoms with Crippen molar-refractivity contribution in [2.75, 3.05) is 6.61 Å². The van der Waals surface area contributed by atoms with Crippen LogP contribution in [-0.2, 0) is 4.74 Å². The number of pyridine rings is 1. The molecule has 0 unspecified atom stereocenters. The van der Waals surface area contributed by atoms with Crippen LogP contribution in [-0.4, -0.2) is 22.5 Å². The molecule has 104 valence electrons. The number of ether oxygens (including phenoxy) is 1. The van der Waals surface area contributed by atoms with Gasteiger partial charge in [0.1, 0.15) is 0 Å². The standard InChI is InChI=1S/C15H16N2O2S/c1-3-19-15(18)11-6-7-12(13-8-20-9(2)16-13)17-14(11)10-4-5-10/h6-8,10H,3-5H2,1-2H3. The molecule has 1 saturated carbocycles. The Bertz CT molecular complexity index is 647. The van der Waals surface area contributed by atoms with Crippen molar-refractivity contribution in [1.82, 2.24) is 9.97 Å². The van der Waals surface area contributed by atoms with E-state index in [0.717, 1.165) is 34.9 Å². The smallest absolute Gasteiger partial charge is 0.339 e. The average molecular weight is 288 g/mol. The molecule has 2 heterocycles. The van der Waals surface area contributed by atoms with Gasteiger partial charge in [-0.3, -0.25) is 0 Å². The SMILES string of the molecule is CCOC(=O)c1ccc(-c2csc(C)n2)nc1C1CC1. The Hall–Kier alpha value is -1.75. The van der Waals surface area contributed by atoms with Crippen molar-refractivity contribution < 1.29 is 9.53 Å². The van der Waals surface area contributed by atoms with Crippen LogP contribution in [0.25, 0.3) is 11.4 Å². The molecule has 2 aromatic rings. The molecule has 0 atom stereocenters. The van der Waals surface area contributed by atoms with Crippen molar-refractivity contribution >= 4 is 17.3 Å². The average Bonchev–Trinajstić information content (AvgIpc) is 3.20. The van der Waals surface area contributed by atoms with Crippen molar-refractivity contribution in [3.05, 3.63) is 33.8 Å². The quantitative estimate of drug-likeness (QED) is 0.807. The lowest BCUT2D eigenvalue weighted by Gasteiger charge is -2.08. The monoisotopic (exact) mass is 288 g/mol. The zero-order chi connectivity index (χ0) is 14.1. The van der Waals surface area contributed by atoms with Crippen LogP contribution in [0.4, 0.5) is 0 Å². The summed E-state index contributed by atoms with van der Waals surface area (Å²) in [6.07, 6.45) is 2.19. The fraction of sp³-hybridized carbons (Fsp3) is 0.400. The van der Waals surface area contributed by atoms with Gasteiger partial charge in [0, 0.05) is 11.3 Å². The molecule has 0 radical (unpaired) electrons. The fourth-order valence-electron chi connectivity index (χ4n) is 2.15. The summed E-state index contributed by atoms with van der Waals surface area (Å²) in [5, 5.41) is 3.02. The summed E-state index contributed by atoms with van der Waals surface area (Å²) in [6, 6.07) is 3.68. The summed E-state index contributed by atoms with van der Waals surface area (Å²) in [4.78, 5) is 21.1. The molecule has 0 N–H and O–H groups in total. The molecular weight excluding hydrogens is 272 g/mol. The maximum atomic E-state index is 12.0. The van der Waals surface area contributed by atoms with Crippen LogP contribution in [0.5, 0.6) is 0 Å². The Balaban J connectivity index is 1.99. The van der Waals surface area contributed by atoms with Crippen LogP contribution >= 0.6 is 11.3 Å². The maximum Gasteiger partial charge on any atom is 0.339 e. The first-order chi connectivity index (χ1) is 9.69. The van der Waals surface area contributed by atoms with Gasteiger partial charge in [-0.15, -0.1) is 11.3 Å². The molecule has 5 heteroatoms. The molecule has 0 spiro atoms. The number of rotatable bonds is 4. The number of carbonyl (C=O) groups is 1. The molecule has 0 aliphatic heterocycles. The van der Waals surface area contributed by atoms with Crippen LogP contribution in [0.3, 0.4) is 0 Å². The molecule has 1 aliphatic carbocycles. The highest BCUT2D eigenvalue weighted by Gasteiger charge is 2.30. The number of esters is 1. The van der Waals surface area contributed by atoms with Crippen LogP contribution < -0.4 is 0 Å². The third-order valence-corrected chi connectivity index (χ3v) is 4.04. The molecule has 0 bridgehead atoms. The van der Waals surface area contributed by atoms with E-state index < -0.39 is 0 Å². The summed E-state index contributed by atoms with van der Waals surface area (Å²) in [5.74, 6) is 0.122. The summed E-state index contributed by atoms with van der Waals surface area (Å²) < 4.78 is 5.10. The molecule has 20 heavy (non-hydrogen) atoms. The van der Waals surface area contributed by atoms with Crippen molar-refractivity contribution in [3.63, 3.8) is 0 Å². The lowest BCUT2D eigenvalue weighted by molar-refractivity contribution is 0.0524. The second kappa shape index (κ2) is 5.32. The van der Waals surface area contributed by atoms with Gasteiger partial charge in [0.15, 0.2) is 0 Å². The first-order valence-corrected chi connectivity index (χ1v) is 7.67. The molecule has 4 nitrogen and oxygen atoms in total. The van der Waals surface area contributed by atoms with Crippen molar-refractivity contribution in [1.29, 1.82) is 0 Å².